The second-order valence-corrected chi connectivity index (χ2v) is 7.91. The van der Waals surface area contributed by atoms with E-state index in [-0.39, 0.29) is 33.7 Å². The summed E-state index contributed by atoms with van der Waals surface area (Å²) < 4.78 is 51.0. The number of carbonyl (C=O) groups excluding carboxylic acids is 1. The van der Waals surface area contributed by atoms with Gasteiger partial charge in [-0.05, 0) is 53.7 Å². The van der Waals surface area contributed by atoms with Gasteiger partial charge >= 0.3 is 6.18 Å². The maximum Gasteiger partial charge on any atom is 0.420 e. The van der Waals surface area contributed by atoms with Gasteiger partial charge in [0.25, 0.3) is 5.91 Å². The molecule has 2 aromatic carbocycles. The van der Waals surface area contributed by atoms with Crippen molar-refractivity contribution in [3.63, 3.8) is 0 Å². The first-order chi connectivity index (χ1) is 16.1. The molecule has 3 rings (SSSR count). The summed E-state index contributed by atoms with van der Waals surface area (Å²) in [6.45, 7) is -0.430. The van der Waals surface area contributed by atoms with Crippen LogP contribution in [-0.2, 0) is 11.0 Å². The Kier molecular flexibility index (Phi) is 7.83. The number of nitrogens with zero attached hydrogens (tertiary/aromatic N) is 2. The Morgan fingerprint density at radius 2 is 1.97 bits per heavy atom. The monoisotopic (exact) mass is 493 g/mol. The molecule has 1 amide bonds. The Labute approximate surface area is 196 Å². The molecule has 2 aromatic rings. The SMILES string of the molecule is COc1cc(/C=C2\SC(NC[C@@H](O)CO)=NC2=O)ccc1Oc1ccc(C#N)cc1C(F)(F)F. The Hall–Kier alpha value is -3.53. The highest BCUT2D eigenvalue weighted by atomic mass is 32.2. The predicted octanol–water partition coefficient (Wildman–Crippen LogP) is 3.29. The number of aliphatic hydroxyl groups is 2. The van der Waals surface area contributed by atoms with Gasteiger partial charge in [0.2, 0.25) is 0 Å². The number of methoxy groups -OCH3 is 1. The number of aliphatic imine (C=N–C) groups is 1. The fourth-order valence-electron chi connectivity index (χ4n) is 2.79. The summed E-state index contributed by atoms with van der Waals surface area (Å²) in [5.74, 6) is -0.890. The Morgan fingerprint density at radius 1 is 1.24 bits per heavy atom. The summed E-state index contributed by atoms with van der Waals surface area (Å²) in [6.07, 6.45) is -4.22. The van der Waals surface area contributed by atoms with Crippen LogP contribution in [-0.4, -0.2) is 47.7 Å². The molecule has 0 fully saturated rings. The van der Waals surface area contributed by atoms with Crippen molar-refractivity contribution in [3.05, 3.63) is 58.0 Å². The minimum atomic E-state index is -4.74. The van der Waals surface area contributed by atoms with Gasteiger partial charge in [-0.2, -0.15) is 23.4 Å². The summed E-state index contributed by atoms with van der Waals surface area (Å²) in [7, 11) is 1.32. The molecule has 3 N–H and O–H groups in total. The van der Waals surface area contributed by atoms with Crippen molar-refractivity contribution in [2.24, 2.45) is 4.99 Å². The molecular weight excluding hydrogens is 475 g/mol. The van der Waals surface area contributed by atoms with Gasteiger partial charge in [0.15, 0.2) is 16.7 Å². The second-order valence-electron chi connectivity index (χ2n) is 6.88. The molecule has 1 heterocycles. The van der Waals surface area contributed by atoms with Gasteiger partial charge in [0, 0.05) is 6.54 Å². The topological polar surface area (TPSA) is 124 Å². The molecule has 12 heteroatoms. The summed E-state index contributed by atoms with van der Waals surface area (Å²) in [5, 5.41) is 30.1. The quantitative estimate of drug-likeness (QED) is 0.502. The number of halogens is 3. The Morgan fingerprint density at radius 3 is 2.62 bits per heavy atom. The maximum absolute atomic E-state index is 13.4. The lowest BCUT2D eigenvalue weighted by molar-refractivity contribution is -0.138. The van der Waals surface area contributed by atoms with Crippen LogP contribution in [0.4, 0.5) is 13.2 Å². The van der Waals surface area contributed by atoms with Gasteiger partial charge in [0.1, 0.15) is 5.75 Å². The van der Waals surface area contributed by atoms with E-state index < -0.39 is 36.1 Å². The zero-order chi connectivity index (χ0) is 24.9. The second kappa shape index (κ2) is 10.6. The molecule has 0 bridgehead atoms. The number of nitriles is 1. The van der Waals surface area contributed by atoms with Crippen LogP contribution in [0, 0.1) is 11.3 Å². The van der Waals surface area contributed by atoms with Crippen molar-refractivity contribution >= 4 is 28.9 Å². The third kappa shape index (κ3) is 6.07. The third-order valence-corrected chi connectivity index (χ3v) is 5.38. The van der Waals surface area contributed by atoms with E-state index in [1.807, 2.05) is 0 Å². The lowest BCUT2D eigenvalue weighted by Gasteiger charge is -2.16. The largest absolute Gasteiger partial charge is 0.493 e. The minimum Gasteiger partial charge on any atom is -0.493 e. The van der Waals surface area contributed by atoms with Gasteiger partial charge in [-0.25, -0.2) is 0 Å². The fourth-order valence-corrected chi connectivity index (χ4v) is 3.61. The van der Waals surface area contributed by atoms with Crippen molar-refractivity contribution < 1.29 is 37.7 Å². The molecule has 0 spiro atoms. The summed E-state index contributed by atoms with van der Waals surface area (Å²) >= 11 is 1.03. The number of amidine groups is 1. The van der Waals surface area contributed by atoms with Gasteiger partial charge in [-0.15, -0.1) is 0 Å². The van der Waals surface area contributed by atoms with Crippen LogP contribution >= 0.6 is 11.8 Å². The van der Waals surface area contributed by atoms with E-state index in [4.69, 9.17) is 19.8 Å². The zero-order valence-corrected chi connectivity index (χ0v) is 18.4. The van der Waals surface area contributed by atoms with Crippen molar-refractivity contribution in [1.29, 1.82) is 5.26 Å². The number of hydrogen-bond donors (Lipinski definition) is 3. The van der Waals surface area contributed by atoms with E-state index in [0.717, 1.165) is 17.8 Å². The predicted molar refractivity (Wildman–Crippen MR) is 118 cm³/mol. The van der Waals surface area contributed by atoms with Crippen LogP contribution in [0.15, 0.2) is 46.3 Å². The molecule has 178 valence electrons. The first-order valence-corrected chi connectivity index (χ1v) is 10.5. The summed E-state index contributed by atoms with van der Waals surface area (Å²) in [6, 6.07) is 9.04. The van der Waals surface area contributed by atoms with Crippen LogP contribution in [0.3, 0.4) is 0 Å². The summed E-state index contributed by atoms with van der Waals surface area (Å²) in [4.78, 5) is 16.2. The smallest absolute Gasteiger partial charge is 0.420 e. The number of rotatable bonds is 7. The van der Waals surface area contributed by atoms with E-state index in [9.17, 15) is 23.1 Å². The van der Waals surface area contributed by atoms with Crippen molar-refractivity contribution in [1.82, 2.24) is 5.32 Å². The molecule has 0 aliphatic carbocycles. The average Bonchev–Trinajstić information content (AvgIpc) is 3.16. The van der Waals surface area contributed by atoms with Crippen LogP contribution in [0.25, 0.3) is 6.08 Å². The van der Waals surface area contributed by atoms with Gasteiger partial charge < -0.3 is 25.0 Å². The maximum atomic E-state index is 13.4. The molecule has 8 nitrogen and oxygen atoms in total. The number of thioether (sulfide) groups is 1. The highest BCUT2D eigenvalue weighted by Gasteiger charge is 2.35. The molecule has 1 atom stereocenters. The van der Waals surface area contributed by atoms with Gasteiger partial charge in [-0.3, -0.25) is 4.79 Å². The number of carbonyl (C=O) groups is 1. The van der Waals surface area contributed by atoms with Crippen LogP contribution < -0.4 is 14.8 Å². The van der Waals surface area contributed by atoms with Crippen molar-refractivity contribution in [2.75, 3.05) is 20.3 Å². The van der Waals surface area contributed by atoms with E-state index in [0.29, 0.717) is 11.6 Å². The van der Waals surface area contributed by atoms with E-state index >= 15 is 0 Å². The minimum absolute atomic E-state index is 0.00172. The first-order valence-electron chi connectivity index (χ1n) is 9.67. The van der Waals surface area contributed by atoms with E-state index in [2.05, 4.69) is 10.3 Å². The molecule has 34 heavy (non-hydrogen) atoms. The summed E-state index contributed by atoms with van der Waals surface area (Å²) in [5.41, 5.74) is -0.756. The van der Waals surface area contributed by atoms with Crippen molar-refractivity contribution in [3.8, 4) is 23.3 Å². The molecule has 1 aliphatic rings. The fraction of sp³-hybridized carbons (Fsp3) is 0.227. The number of ether oxygens (including phenoxy) is 2. The third-order valence-electron chi connectivity index (χ3n) is 4.44. The van der Waals surface area contributed by atoms with Crippen LogP contribution in [0.2, 0.25) is 0 Å². The molecule has 0 unspecified atom stereocenters. The number of hydrogen-bond acceptors (Lipinski definition) is 8. The number of benzene rings is 2. The molecule has 0 saturated carbocycles. The molecule has 0 aromatic heterocycles. The Bertz CT molecular complexity index is 1190. The zero-order valence-electron chi connectivity index (χ0n) is 17.6. The standard InChI is InChI=1S/C22H18F3N3O5S/c1-32-18-7-12(8-19-20(31)28-21(34-19)27-10-14(30)11-29)2-5-17(18)33-16-4-3-13(9-26)6-15(16)22(23,24)25/h2-8,14,29-30H,10-11H2,1H3,(H,27,28,31)/b19-8-/t14-/m1/s1. The highest BCUT2D eigenvalue weighted by molar-refractivity contribution is 8.18. The Balaban J connectivity index is 1.82. The van der Waals surface area contributed by atoms with E-state index in [1.54, 1.807) is 6.07 Å². The first kappa shape index (κ1) is 25.1. The molecular formula is C22H18F3N3O5S. The van der Waals surface area contributed by atoms with Crippen LogP contribution in [0.5, 0.6) is 17.2 Å². The highest BCUT2D eigenvalue weighted by Crippen LogP contribution is 2.41. The van der Waals surface area contributed by atoms with Gasteiger partial charge in [0.05, 0.1) is 41.9 Å². The molecule has 0 radical (unpaired) electrons. The molecule has 0 saturated heterocycles. The van der Waals surface area contributed by atoms with Crippen LogP contribution in [0.1, 0.15) is 16.7 Å². The van der Waals surface area contributed by atoms with E-state index in [1.165, 1.54) is 37.5 Å². The number of aliphatic hydroxyl groups excluding tert-OH is 2. The molecule has 1 aliphatic heterocycles. The number of amides is 1. The van der Waals surface area contributed by atoms with Crippen molar-refractivity contribution in [2.45, 2.75) is 12.3 Å². The normalized spacial score (nSPS) is 15.6. The number of alkyl halides is 3. The lowest BCUT2D eigenvalue weighted by Crippen LogP contribution is -2.31. The lowest BCUT2D eigenvalue weighted by atomic mass is 10.1. The average molecular weight is 493 g/mol. The van der Waals surface area contributed by atoms with Gasteiger partial charge in [-0.1, -0.05) is 6.07 Å². The number of nitrogens with one attached hydrogen (secondary N) is 1.